The van der Waals surface area contributed by atoms with Gasteiger partial charge in [0.1, 0.15) is 5.60 Å². The number of benzene rings is 1. The first-order chi connectivity index (χ1) is 15.1. The van der Waals surface area contributed by atoms with E-state index >= 15 is 0 Å². The Bertz CT molecular complexity index is 788. The molecule has 2 N–H and O–H groups in total. The Labute approximate surface area is 191 Å². The van der Waals surface area contributed by atoms with Gasteiger partial charge in [0.25, 0.3) is 0 Å². The fourth-order valence-corrected chi connectivity index (χ4v) is 3.92. The van der Waals surface area contributed by atoms with Gasteiger partial charge in [0.2, 0.25) is 5.91 Å². The van der Waals surface area contributed by atoms with Gasteiger partial charge in [-0.2, -0.15) is 0 Å². The first kappa shape index (κ1) is 24.5. The van der Waals surface area contributed by atoms with E-state index in [0.717, 1.165) is 11.3 Å². The van der Waals surface area contributed by atoms with Gasteiger partial charge in [-0.3, -0.25) is 4.79 Å². The second-order valence-corrected chi connectivity index (χ2v) is 10.1. The normalized spacial score (nSPS) is 20.2. The van der Waals surface area contributed by atoms with Gasteiger partial charge < -0.3 is 29.9 Å². The molecule has 8 nitrogen and oxygen atoms in total. The third-order valence-corrected chi connectivity index (χ3v) is 5.49. The van der Waals surface area contributed by atoms with E-state index < -0.39 is 5.60 Å². The summed E-state index contributed by atoms with van der Waals surface area (Å²) in [6.07, 6.45) is 2.00. The summed E-state index contributed by atoms with van der Waals surface area (Å²) < 4.78 is 11.6. The molecule has 3 rings (SSSR count). The van der Waals surface area contributed by atoms with Gasteiger partial charge in [0.15, 0.2) is 0 Å². The first-order valence-corrected chi connectivity index (χ1v) is 11.5. The second kappa shape index (κ2) is 10.6. The van der Waals surface area contributed by atoms with Crippen molar-refractivity contribution in [2.45, 2.75) is 57.9 Å². The molecular weight excluding hydrogens is 408 g/mol. The summed E-state index contributed by atoms with van der Waals surface area (Å²) in [6.45, 7) is 8.27. The van der Waals surface area contributed by atoms with E-state index in [0.29, 0.717) is 38.7 Å². The Hall–Kier alpha value is -2.16. The van der Waals surface area contributed by atoms with Gasteiger partial charge in [0.05, 0.1) is 25.8 Å². The molecule has 1 saturated heterocycles. The van der Waals surface area contributed by atoms with Gasteiger partial charge in [-0.15, -0.1) is 0 Å². The average Bonchev–Trinajstić information content (AvgIpc) is 3.52. The van der Waals surface area contributed by atoms with E-state index in [-0.39, 0.29) is 24.1 Å². The van der Waals surface area contributed by atoms with E-state index in [4.69, 9.17) is 9.47 Å². The monoisotopic (exact) mass is 446 g/mol. The van der Waals surface area contributed by atoms with Crippen molar-refractivity contribution in [3.8, 4) is 0 Å². The average molecular weight is 447 g/mol. The van der Waals surface area contributed by atoms with Crippen LogP contribution in [0.2, 0.25) is 0 Å². The smallest absolute Gasteiger partial charge is 0.410 e. The van der Waals surface area contributed by atoms with Crippen molar-refractivity contribution in [2.75, 3.05) is 45.7 Å². The lowest BCUT2D eigenvalue weighted by Crippen LogP contribution is -2.55. The van der Waals surface area contributed by atoms with Crippen molar-refractivity contribution < 1.29 is 19.1 Å². The number of morpholine rings is 1. The molecule has 178 valence electrons. The maximum atomic E-state index is 12.5. The van der Waals surface area contributed by atoms with Crippen LogP contribution in [-0.4, -0.2) is 79.9 Å². The predicted octanol–water partition coefficient (Wildman–Crippen LogP) is 2.69. The fraction of sp³-hybridized carbons (Fsp3) is 0.667. The van der Waals surface area contributed by atoms with Gasteiger partial charge >= 0.3 is 6.09 Å². The highest BCUT2D eigenvalue weighted by Crippen LogP contribution is 2.36. The Morgan fingerprint density at radius 3 is 2.69 bits per heavy atom. The van der Waals surface area contributed by atoms with Crippen molar-refractivity contribution in [2.24, 2.45) is 5.92 Å². The molecule has 2 fully saturated rings. The van der Waals surface area contributed by atoms with Crippen LogP contribution in [0.15, 0.2) is 24.3 Å². The van der Waals surface area contributed by atoms with Gasteiger partial charge in [0, 0.05) is 24.8 Å². The molecule has 0 radical (unpaired) electrons. The van der Waals surface area contributed by atoms with Crippen LogP contribution < -0.4 is 10.6 Å². The third kappa shape index (κ3) is 7.76. The molecular formula is C24H38N4O4. The largest absolute Gasteiger partial charge is 0.444 e. The van der Waals surface area contributed by atoms with Crippen molar-refractivity contribution in [3.63, 3.8) is 0 Å². The molecule has 0 aromatic heterocycles. The quantitative estimate of drug-likeness (QED) is 0.639. The minimum atomic E-state index is -0.508. The van der Waals surface area contributed by atoms with Crippen molar-refractivity contribution >= 4 is 17.7 Å². The van der Waals surface area contributed by atoms with Crippen LogP contribution in [0.25, 0.3) is 0 Å². The van der Waals surface area contributed by atoms with Crippen molar-refractivity contribution in [1.29, 1.82) is 0 Å². The van der Waals surface area contributed by atoms with Crippen LogP contribution >= 0.6 is 0 Å². The lowest BCUT2D eigenvalue weighted by Gasteiger charge is -2.38. The number of hydrogen-bond acceptors (Lipinski definition) is 6. The van der Waals surface area contributed by atoms with Crippen LogP contribution in [0, 0.1) is 5.92 Å². The van der Waals surface area contributed by atoms with Gasteiger partial charge in [-0.25, -0.2) is 4.79 Å². The van der Waals surface area contributed by atoms with E-state index in [1.165, 1.54) is 12.8 Å². The number of nitrogens with one attached hydrogen (secondary N) is 2. The highest BCUT2D eigenvalue weighted by atomic mass is 16.6. The molecule has 0 spiro atoms. The van der Waals surface area contributed by atoms with Crippen LogP contribution in [0.1, 0.15) is 39.2 Å². The number of rotatable bonds is 8. The maximum absolute atomic E-state index is 12.5. The maximum Gasteiger partial charge on any atom is 0.410 e. The molecule has 2 amide bonds. The fourth-order valence-electron chi connectivity index (χ4n) is 3.92. The minimum Gasteiger partial charge on any atom is -0.444 e. The SMILES string of the molecule is CN(C)CC(=O)Nc1cccc(CNC(C2CC2)C2CN(C(=O)OC(C)(C)C)CCO2)c1. The molecule has 2 unspecified atom stereocenters. The molecule has 1 aromatic rings. The molecule has 1 aromatic carbocycles. The number of anilines is 1. The molecule has 1 aliphatic carbocycles. The Kier molecular flexibility index (Phi) is 8.14. The van der Waals surface area contributed by atoms with E-state index in [1.54, 1.807) is 4.90 Å². The standard InChI is InChI=1S/C24H38N4O4/c1-24(2,3)32-23(30)28-11-12-31-20(15-28)22(18-9-10-18)25-14-17-7-6-8-19(13-17)26-21(29)16-27(4)5/h6-8,13,18,20,22,25H,9-12,14-16H2,1-5H3,(H,26,29). The summed E-state index contributed by atoms with van der Waals surface area (Å²) in [7, 11) is 3.74. The predicted molar refractivity (Wildman–Crippen MR) is 125 cm³/mol. The third-order valence-electron chi connectivity index (χ3n) is 5.49. The summed E-state index contributed by atoms with van der Waals surface area (Å²) in [6, 6.07) is 8.08. The number of ether oxygens (including phenoxy) is 2. The number of hydrogen-bond donors (Lipinski definition) is 2. The molecule has 32 heavy (non-hydrogen) atoms. The van der Waals surface area contributed by atoms with Crippen molar-refractivity contribution in [3.05, 3.63) is 29.8 Å². The summed E-state index contributed by atoms with van der Waals surface area (Å²) in [4.78, 5) is 28.2. The van der Waals surface area contributed by atoms with E-state index in [2.05, 4.69) is 10.6 Å². The highest BCUT2D eigenvalue weighted by Gasteiger charge is 2.40. The van der Waals surface area contributed by atoms with Crippen LogP contribution in [0.4, 0.5) is 10.5 Å². The van der Waals surface area contributed by atoms with Gasteiger partial charge in [-0.05, 0) is 71.3 Å². The molecule has 1 aliphatic heterocycles. The zero-order valence-corrected chi connectivity index (χ0v) is 20.0. The summed E-state index contributed by atoms with van der Waals surface area (Å²) in [5, 5.41) is 6.61. The summed E-state index contributed by atoms with van der Waals surface area (Å²) in [5.41, 5.74) is 1.38. The molecule has 8 heteroatoms. The van der Waals surface area contributed by atoms with Crippen molar-refractivity contribution in [1.82, 2.24) is 15.1 Å². The lowest BCUT2D eigenvalue weighted by atomic mass is 10.0. The topological polar surface area (TPSA) is 83.1 Å². The van der Waals surface area contributed by atoms with Crippen LogP contribution in [-0.2, 0) is 20.8 Å². The minimum absolute atomic E-state index is 0.0335. The zero-order valence-electron chi connectivity index (χ0n) is 20.0. The molecule has 1 heterocycles. The molecule has 0 bridgehead atoms. The highest BCUT2D eigenvalue weighted by molar-refractivity contribution is 5.92. The number of amides is 2. The first-order valence-electron chi connectivity index (χ1n) is 11.5. The molecule has 2 atom stereocenters. The Morgan fingerprint density at radius 1 is 1.28 bits per heavy atom. The number of carbonyl (C=O) groups is 2. The second-order valence-electron chi connectivity index (χ2n) is 10.1. The molecule has 1 saturated carbocycles. The lowest BCUT2D eigenvalue weighted by molar-refractivity contribution is -0.116. The van der Waals surface area contributed by atoms with Crippen LogP contribution in [0.5, 0.6) is 0 Å². The summed E-state index contributed by atoms with van der Waals surface area (Å²) >= 11 is 0. The number of carbonyl (C=O) groups excluding carboxylic acids is 2. The van der Waals surface area contributed by atoms with Crippen LogP contribution in [0.3, 0.4) is 0 Å². The summed E-state index contributed by atoms with van der Waals surface area (Å²) in [5.74, 6) is 0.523. The number of likely N-dealkylation sites (N-methyl/N-ethyl adjacent to an activating group) is 1. The zero-order chi connectivity index (χ0) is 23.3. The van der Waals surface area contributed by atoms with Gasteiger partial charge in [-0.1, -0.05) is 12.1 Å². The molecule has 2 aliphatic rings. The van der Waals surface area contributed by atoms with E-state index in [1.807, 2.05) is 64.0 Å². The Balaban J connectivity index is 1.57. The van der Waals surface area contributed by atoms with E-state index in [9.17, 15) is 9.59 Å². The Morgan fingerprint density at radius 2 is 2.03 bits per heavy atom. The number of nitrogens with zero attached hydrogens (tertiary/aromatic N) is 2.